The standard InChI is InChI=1S/C19H19N5/c1-2-8-24-9-7-13-10-15(4-6-18(13)24)23-19-16-11-14(20)3-5-17(16)21-12-22-19/h3-7,9-12H,2,8,20H2,1H3,(H,21,22,23). The van der Waals surface area contributed by atoms with Crippen molar-refractivity contribution in [2.75, 3.05) is 11.1 Å². The van der Waals surface area contributed by atoms with E-state index in [9.17, 15) is 0 Å². The van der Waals surface area contributed by atoms with Crippen molar-refractivity contribution in [2.24, 2.45) is 0 Å². The zero-order valence-electron chi connectivity index (χ0n) is 13.5. The molecule has 4 rings (SSSR count). The summed E-state index contributed by atoms with van der Waals surface area (Å²) in [5, 5.41) is 5.52. The average Bonchev–Trinajstić information content (AvgIpc) is 2.98. The first-order chi connectivity index (χ1) is 11.7. The van der Waals surface area contributed by atoms with Crippen molar-refractivity contribution in [2.45, 2.75) is 19.9 Å². The van der Waals surface area contributed by atoms with E-state index in [-0.39, 0.29) is 0 Å². The topological polar surface area (TPSA) is 68.8 Å². The number of fused-ring (bicyclic) bond motifs is 2. The van der Waals surface area contributed by atoms with E-state index in [4.69, 9.17) is 5.73 Å². The summed E-state index contributed by atoms with van der Waals surface area (Å²) in [5.74, 6) is 0.764. The first-order valence-electron chi connectivity index (χ1n) is 8.11. The van der Waals surface area contributed by atoms with Crippen LogP contribution in [0.25, 0.3) is 21.8 Å². The van der Waals surface area contributed by atoms with Gasteiger partial charge in [0.25, 0.3) is 0 Å². The maximum atomic E-state index is 5.91. The third kappa shape index (κ3) is 2.54. The molecular formula is C19H19N5. The van der Waals surface area contributed by atoms with E-state index in [0.717, 1.165) is 35.4 Å². The Bertz CT molecular complexity index is 1020. The highest BCUT2D eigenvalue weighted by Crippen LogP contribution is 2.27. The SMILES string of the molecule is CCCn1ccc2cc(Nc3ncnc4ccc(N)cc34)ccc21. The summed E-state index contributed by atoms with van der Waals surface area (Å²) in [6.45, 7) is 3.22. The molecule has 0 aliphatic rings. The minimum absolute atomic E-state index is 0.701. The molecule has 0 fully saturated rings. The molecular weight excluding hydrogens is 298 g/mol. The lowest BCUT2D eigenvalue weighted by atomic mass is 10.2. The lowest BCUT2D eigenvalue weighted by Crippen LogP contribution is -1.97. The Morgan fingerprint density at radius 1 is 1.08 bits per heavy atom. The molecule has 0 amide bonds. The number of hydrogen-bond acceptors (Lipinski definition) is 4. The highest BCUT2D eigenvalue weighted by molar-refractivity contribution is 5.93. The van der Waals surface area contributed by atoms with Crippen LogP contribution in [0.2, 0.25) is 0 Å². The van der Waals surface area contributed by atoms with Crippen molar-refractivity contribution in [3.05, 3.63) is 55.0 Å². The molecule has 0 radical (unpaired) electrons. The Morgan fingerprint density at radius 2 is 2.00 bits per heavy atom. The second kappa shape index (κ2) is 5.85. The van der Waals surface area contributed by atoms with Gasteiger partial charge in [-0.2, -0.15) is 0 Å². The van der Waals surface area contributed by atoms with Crippen LogP contribution >= 0.6 is 0 Å². The number of aromatic nitrogens is 3. The van der Waals surface area contributed by atoms with E-state index in [1.165, 1.54) is 10.9 Å². The normalized spacial score (nSPS) is 11.2. The lowest BCUT2D eigenvalue weighted by molar-refractivity contribution is 0.703. The van der Waals surface area contributed by atoms with Crippen LogP contribution in [0, 0.1) is 0 Å². The highest BCUT2D eigenvalue weighted by atomic mass is 15.0. The molecule has 120 valence electrons. The van der Waals surface area contributed by atoms with Crippen molar-refractivity contribution >= 4 is 39.0 Å². The third-order valence-electron chi connectivity index (χ3n) is 4.16. The smallest absolute Gasteiger partial charge is 0.141 e. The average molecular weight is 317 g/mol. The molecule has 0 spiro atoms. The highest BCUT2D eigenvalue weighted by Gasteiger charge is 2.06. The van der Waals surface area contributed by atoms with E-state index in [0.29, 0.717) is 5.69 Å². The number of nitrogens with one attached hydrogen (secondary N) is 1. The number of aryl methyl sites for hydroxylation is 1. The number of nitrogens with two attached hydrogens (primary N) is 1. The monoisotopic (exact) mass is 317 g/mol. The fourth-order valence-electron chi connectivity index (χ4n) is 3.02. The molecule has 0 atom stereocenters. The van der Waals surface area contributed by atoms with Gasteiger partial charge in [0.15, 0.2) is 0 Å². The van der Waals surface area contributed by atoms with Gasteiger partial charge in [0, 0.05) is 40.4 Å². The Morgan fingerprint density at radius 3 is 2.88 bits per heavy atom. The number of benzene rings is 2. The summed E-state index contributed by atoms with van der Waals surface area (Å²) >= 11 is 0. The Kier molecular flexibility index (Phi) is 3.54. The maximum Gasteiger partial charge on any atom is 0.141 e. The molecule has 0 bridgehead atoms. The molecule has 0 unspecified atom stereocenters. The van der Waals surface area contributed by atoms with Crippen LogP contribution < -0.4 is 11.1 Å². The van der Waals surface area contributed by atoms with E-state index in [1.54, 1.807) is 6.33 Å². The number of nitrogen functional groups attached to an aromatic ring is 1. The van der Waals surface area contributed by atoms with E-state index < -0.39 is 0 Å². The van der Waals surface area contributed by atoms with Crippen LogP contribution in [0.15, 0.2) is 55.0 Å². The molecule has 2 heterocycles. The first kappa shape index (κ1) is 14.5. The summed E-state index contributed by atoms with van der Waals surface area (Å²) in [6.07, 6.45) is 4.83. The molecule has 2 aromatic heterocycles. The van der Waals surface area contributed by atoms with Gasteiger partial charge < -0.3 is 15.6 Å². The van der Waals surface area contributed by atoms with Crippen molar-refractivity contribution < 1.29 is 0 Å². The number of rotatable bonds is 4. The van der Waals surface area contributed by atoms with Gasteiger partial charge in [-0.3, -0.25) is 0 Å². The molecule has 5 nitrogen and oxygen atoms in total. The second-order valence-corrected chi connectivity index (χ2v) is 5.91. The fraction of sp³-hybridized carbons (Fsp3) is 0.158. The molecule has 5 heteroatoms. The zero-order chi connectivity index (χ0) is 16.5. The van der Waals surface area contributed by atoms with E-state index in [1.807, 2.05) is 18.2 Å². The first-order valence-corrected chi connectivity index (χ1v) is 8.11. The molecule has 0 saturated heterocycles. The minimum Gasteiger partial charge on any atom is -0.399 e. The Labute approximate surface area is 140 Å². The number of nitrogens with zero attached hydrogens (tertiary/aromatic N) is 3. The maximum absolute atomic E-state index is 5.91. The van der Waals surface area contributed by atoms with Crippen LogP contribution in [-0.4, -0.2) is 14.5 Å². The zero-order valence-corrected chi connectivity index (χ0v) is 13.5. The van der Waals surface area contributed by atoms with Crippen LogP contribution in [0.1, 0.15) is 13.3 Å². The Balaban J connectivity index is 1.73. The third-order valence-corrected chi connectivity index (χ3v) is 4.16. The van der Waals surface area contributed by atoms with Crippen LogP contribution in [0.4, 0.5) is 17.2 Å². The quantitative estimate of drug-likeness (QED) is 0.550. The predicted molar refractivity (Wildman–Crippen MR) is 99.5 cm³/mol. The van der Waals surface area contributed by atoms with Gasteiger partial charge in [-0.1, -0.05) is 6.92 Å². The molecule has 0 aliphatic carbocycles. The summed E-state index contributed by atoms with van der Waals surface area (Å²) < 4.78 is 2.28. The predicted octanol–water partition coefficient (Wildman–Crippen LogP) is 4.32. The molecule has 3 N–H and O–H groups in total. The summed E-state index contributed by atoms with van der Waals surface area (Å²) in [6, 6.07) is 14.2. The molecule has 0 aliphatic heterocycles. The lowest BCUT2D eigenvalue weighted by Gasteiger charge is -2.10. The van der Waals surface area contributed by atoms with Gasteiger partial charge in [0.2, 0.25) is 0 Å². The van der Waals surface area contributed by atoms with Gasteiger partial charge in [-0.05, 0) is 48.9 Å². The summed E-state index contributed by atoms with van der Waals surface area (Å²) in [7, 11) is 0. The Hall–Kier alpha value is -3.08. The number of anilines is 3. The summed E-state index contributed by atoms with van der Waals surface area (Å²) in [5.41, 5.74) is 9.73. The van der Waals surface area contributed by atoms with Crippen LogP contribution in [0.5, 0.6) is 0 Å². The largest absolute Gasteiger partial charge is 0.399 e. The molecule has 0 saturated carbocycles. The molecule has 24 heavy (non-hydrogen) atoms. The van der Waals surface area contributed by atoms with Crippen molar-refractivity contribution in [1.29, 1.82) is 0 Å². The van der Waals surface area contributed by atoms with Gasteiger partial charge >= 0.3 is 0 Å². The van der Waals surface area contributed by atoms with Gasteiger partial charge in [0.05, 0.1) is 5.52 Å². The van der Waals surface area contributed by atoms with Crippen molar-refractivity contribution in [3.8, 4) is 0 Å². The van der Waals surface area contributed by atoms with Crippen molar-refractivity contribution in [3.63, 3.8) is 0 Å². The molecule has 4 aromatic rings. The number of hydrogen-bond donors (Lipinski definition) is 2. The summed E-state index contributed by atoms with van der Waals surface area (Å²) in [4.78, 5) is 8.66. The van der Waals surface area contributed by atoms with Gasteiger partial charge in [0.1, 0.15) is 12.1 Å². The minimum atomic E-state index is 0.701. The fourth-order valence-corrected chi connectivity index (χ4v) is 3.02. The molecule has 2 aromatic carbocycles. The van der Waals surface area contributed by atoms with Crippen LogP contribution in [-0.2, 0) is 6.54 Å². The second-order valence-electron chi connectivity index (χ2n) is 5.91. The van der Waals surface area contributed by atoms with Gasteiger partial charge in [-0.25, -0.2) is 9.97 Å². The van der Waals surface area contributed by atoms with E-state index >= 15 is 0 Å². The van der Waals surface area contributed by atoms with Crippen molar-refractivity contribution in [1.82, 2.24) is 14.5 Å². The van der Waals surface area contributed by atoms with E-state index in [2.05, 4.69) is 57.2 Å². The van der Waals surface area contributed by atoms with Gasteiger partial charge in [-0.15, -0.1) is 0 Å². The van der Waals surface area contributed by atoms with Crippen LogP contribution in [0.3, 0.4) is 0 Å².